The summed E-state index contributed by atoms with van der Waals surface area (Å²) in [5.74, 6) is 0.788. The van der Waals surface area contributed by atoms with Gasteiger partial charge in [-0.2, -0.15) is 0 Å². The monoisotopic (exact) mass is 382 g/mol. The van der Waals surface area contributed by atoms with E-state index in [9.17, 15) is 4.79 Å². The van der Waals surface area contributed by atoms with Crippen molar-refractivity contribution in [3.05, 3.63) is 71.1 Å². The molecule has 2 N–H and O–H groups in total. The molecule has 3 rings (SSSR count). The molecule has 7 heteroatoms. The SMILES string of the molecule is CCc1ccccc1NC(=O)c1cnc(Nc2cc(Cl)ccc2OC)cn1. The first-order valence-electron chi connectivity index (χ1n) is 8.42. The van der Waals surface area contributed by atoms with Crippen LogP contribution < -0.4 is 15.4 Å². The highest BCUT2D eigenvalue weighted by atomic mass is 35.5. The number of hydrogen-bond donors (Lipinski definition) is 2. The molecule has 0 aliphatic carbocycles. The molecule has 1 aromatic heterocycles. The standard InChI is InChI=1S/C20H19ClN4O2/c1-3-13-6-4-5-7-15(13)25-20(26)17-11-23-19(12-22-17)24-16-10-14(21)8-9-18(16)27-2/h4-12H,3H2,1-2H3,(H,23,24)(H,25,26). The number of amides is 1. The normalized spacial score (nSPS) is 10.3. The molecule has 0 aliphatic heterocycles. The van der Waals surface area contributed by atoms with Crippen LogP contribution in [-0.2, 0) is 6.42 Å². The highest BCUT2D eigenvalue weighted by Gasteiger charge is 2.11. The average Bonchev–Trinajstić information content (AvgIpc) is 2.69. The number of aryl methyl sites for hydroxylation is 1. The molecule has 0 unspecified atom stereocenters. The fraction of sp³-hybridized carbons (Fsp3) is 0.150. The average molecular weight is 383 g/mol. The van der Waals surface area contributed by atoms with Crippen molar-refractivity contribution in [2.24, 2.45) is 0 Å². The Balaban J connectivity index is 1.73. The highest BCUT2D eigenvalue weighted by Crippen LogP contribution is 2.29. The van der Waals surface area contributed by atoms with Gasteiger partial charge in [0.15, 0.2) is 0 Å². The van der Waals surface area contributed by atoms with Crippen LogP contribution in [0.1, 0.15) is 23.0 Å². The molecule has 6 nitrogen and oxygen atoms in total. The summed E-state index contributed by atoms with van der Waals surface area (Å²) in [6, 6.07) is 12.9. The van der Waals surface area contributed by atoms with Crippen LogP contribution >= 0.6 is 11.6 Å². The minimum Gasteiger partial charge on any atom is -0.495 e. The number of nitrogens with zero attached hydrogens (tertiary/aromatic N) is 2. The Kier molecular flexibility index (Phi) is 5.88. The molecule has 0 saturated carbocycles. The van der Waals surface area contributed by atoms with Gasteiger partial charge in [0.25, 0.3) is 5.91 Å². The number of carbonyl (C=O) groups excluding carboxylic acids is 1. The maximum Gasteiger partial charge on any atom is 0.275 e. The molecule has 0 aliphatic rings. The number of halogens is 1. The van der Waals surface area contributed by atoms with E-state index in [2.05, 4.69) is 20.6 Å². The Morgan fingerprint density at radius 3 is 2.63 bits per heavy atom. The zero-order chi connectivity index (χ0) is 19.2. The Morgan fingerprint density at radius 2 is 1.93 bits per heavy atom. The Morgan fingerprint density at radius 1 is 1.11 bits per heavy atom. The van der Waals surface area contributed by atoms with Crippen LogP contribution in [0.25, 0.3) is 0 Å². The van der Waals surface area contributed by atoms with Crippen molar-refractivity contribution < 1.29 is 9.53 Å². The van der Waals surface area contributed by atoms with Crippen molar-refractivity contribution in [3.8, 4) is 5.75 Å². The zero-order valence-corrected chi connectivity index (χ0v) is 15.7. The van der Waals surface area contributed by atoms with E-state index >= 15 is 0 Å². The summed E-state index contributed by atoms with van der Waals surface area (Å²) in [7, 11) is 1.57. The Hall–Kier alpha value is -3.12. The van der Waals surface area contributed by atoms with Crippen LogP contribution in [0, 0.1) is 0 Å². The number of para-hydroxylation sites is 1. The number of nitrogens with one attached hydrogen (secondary N) is 2. The lowest BCUT2D eigenvalue weighted by Crippen LogP contribution is -2.15. The van der Waals surface area contributed by atoms with Crippen LogP contribution in [0.5, 0.6) is 5.75 Å². The first kappa shape index (κ1) is 18.7. The fourth-order valence-electron chi connectivity index (χ4n) is 2.56. The molecule has 138 valence electrons. The summed E-state index contributed by atoms with van der Waals surface area (Å²) in [5, 5.41) is 6.52. The molecule has 0 atom stereocenters. The number of benzene rings is 2. The Bertz CT molecular complexity index is 945. The number of rotatable bonds is 6. The summed E-state index contributed by atoms with van der Waals surface area (Å²) in [6.45, 7) is 2.04. The molecular weight excluding hydrogens is 364 g/mol. The van der Waals surface area contributed by atoms with Gasteiger partial charge < -0.3 is 15.4 Å². The zero-order valence-electron chi connectivity index (χ0n) is 15.0. The van der Waals surface area contributed by atoms with E-state index in [0.717, 1.165) is 17.7 Å². The van der Waals surface area contributed by atoms with Gasteiger partial charge in [-0.25, -0.2) is 9.97 Å². The van der Waals surface area contributed by atoms with Gasteiger partial charge in [0.2, 0.25) is 0 Å². The number of anilines is 3. The van der Waals surface area contributed by atoms with Crippen LogP contribution in [0.2, 0.25) is 5.02 Å². The van der Waals surface area contributed by atoms with Crippen molar-refractivity contribution in [2.45, 2.75) is 13.3 Å². The van der Waals surface area contributed by atoms with Gasteiger partial charge in [-0.1, -0.05) is 36.7 Å². The van der Waals surface area contributed by atoms with E-state index in [1.807, 2.05) is 31.2 Å². The quantitative estimate of drug-likeness (QED) is 0.646. The second-order valence-corrected chi connectivity index (χ2v) is 6.16. The van der Waals surface area contributed by atoms with Crippen molar-refractivity contribution in [3.63, 3.8) is 0 Å². The maximum atomic E-state index is 12.4. The minimum atomic E-state index is -0.310. The smallest absolute Gasteiger partial charge is 0.275 e. The van der Waals surface area contributed by atoms with Gasteiger partial charge in [0.05, 0.1) is 25.2 Å². The highest BCUT2D eigenvalue weighted by molar-refractivity contribution is 6.31. The third kappa shape index (κ3) is 4.54. The van der Waals surface area contributed by atoms with E-state index in [-0.39, 0.29) is 11.6 Å². The van der Waals surface area contributed by atoms with E-state index < -0.39 is 0 Å². The second kappa shape index (κ2) is 8.51. The first-order valence-corrected chi connectivity index (χ1v) is 8.80. The van der Waals surface area contributed by atoms with Crippen molar-refractivity contribution in [1.82, 2.24) is 9.97 Å². The van der Waals surface area contributed by atoms with Crippen molar-refractivity contribution in [2.75, 3.05) is 17.7 Å². The molecule has 2 aromatic carbocycles. The number of carbonyl (C=O) groups is 1. The van der Waals surface area contributed by atoms with Gasteiger partial charge >= 0.3 is 0 Å². The lowest BCUT2D eigenvalue weighted by molar-refractivity contribution is 0.102. The molecule has 0 spiro atoms. The molecule has 1 heterocycles. The van der Waals surface area contributed by atoms with E-state index in [1.165, 1.54) is 12.4 Å². The molecular formula is C20H19ClN4O2. The molecule has 1 amide bonds. The van der Waals surface area contributed by atoms with Crippen LogP contribution in [0.4, 0.5) is 17.2 Å². The molecule has 0 fully saturated rings. The summed E-state index contributed by atoms with van der Waals surface area (Å²) < 4.78 is 5.29. The molecule has 0 saturated heterocycles. The predicted molar refractivity (Wildman–Crippen MR) is 107 cm³/mol. The van der Waals surface area contributed by atoms with Gasteiger partial charge in [-0.3, -0.25) is 4.79 Å². The van der Waals surface area contributed by atoms with Gasteiger partial charge in [0.1, 0.15) is 17.3 Å². The van der Waals surface area contributed by atoms with Crippen LogP contribution in [-0.4, -0.2) is 23.0 Å². The van der Waals surface area contributed by atoms with Crippen LogP contribution in [0.3, 0.4) is 0 Å². The summed E-state index contributed by atoms with van der Waals surface area (Å²) >= 11 is 6.02. The summed E-state index contributed by atoms with van der Waals surface area (Å²) in [6.07, 6.45) is 3.73. The minimum absolute atomic E-state index is 0.226. The third-order valence-electron chi connectivity index (χ3n) is 3.96. The lowest BCUT2D eigenvalue weighted by Gasteiger charge is -2.11. The number of hydrogen-bond acceptors (Lipinski definition) is 5. The third-order valence-corrected chi connectivity index (χ3v) is 4.19. The number of aromatic nitrogens is 2. The largest absolute Gasteiger partial charge is 0.495 e. The summed E-state index contributed by atoms with van der Waals surface area (Å²) in [4.78, 5) is 20.9. The molecule has 27 heavy (non-hydrogen) atoms. The fourth-order valence-corrected chi connectivity index (χ4v) is 2.73. The second-order valence-electron chi connectivity index (χ2n) is 5.72. The van der Waals surface area contributed by atoms with Gasteiger partial charge in [0, 0.05) is 10.7 Å². The Labute approximate surface area is 162 Å². The molecule has 3 aromatic rings. The number of methoxy groups -OCH3 is 1. The van der Waals surface area contributed by atoms with Crippen LogP contribution in [0.15, 0.2) is 54.9 Å². The van der Waals surface area contributed by atoms with Crippen molar-refractivity contribution in [1.29, 1.82) is 0 Å². The molecule has 0 bridgehead atoms. The first-order chi connectivity index (χ1) is 13.1. The maximum absolute atomic E-state index is 12.4. The number of ether oxygens (including phenoxy) is 1. The van der Waals surface area contributed by atoms with Gasteiger partial charge in [-0.05, 0) is 36.2 Å². The predicted octanol–water partition coefficient (Wildman–Crippen LogP) is 4.70. The topological polar surface area (TPSA) is 76.1 Å². The van der Waals surface area contributed by atoms with E-state index in [4.69, 9.17) is 16.3 Å². The molecule has 0 radical (unpaired) electrons. The van der Waals surface area contributed by atoms with E-state index in [0.29, 0.717) is 22.3 Å². The van der Waals surface area contributed by atoms with E-state index in [1.54, 1.807) is 25.3 Å². The lowest BCUT2D eigenvalue weighted by atomic mass is 10.1. The van der Waals surface area contributed by atoms with Gasteiger partial charge in [-0.15, -0.1) is 0 Å². The summed E-state index contributed by atoms with van der Waals surface area (Å²) in [5.41, 5.74) is 2.72. The van der Waals surface area contributed by atoms with Crippen molar-refractivity contribution >= 4 is 34.7 Å².